The number of carbonyl (C=O) groups excluding carboxylic acids is 1. The third-order valence-electron chi connectivity index (χ3n) is 3.48. The highest BCUT2D eigenvalue weighted by atomic mass is 16.1. The van der Waals surface area contributed by atoms with Crippen molar-refractivity contribution in [1.82, 2.24) is 14.8 Å². The number of nitrogens with one attached hydrogen (secondary N) is 1. The van der Waals surface area contributed by atoms with Crippen molar-refractivity contribution in [2.45, 2.75) is 6.92 Å². The highest BCUT2D eigenvalue weighted by molar-refractivity contribution is 6.07. The molecule has 0 aliphatic rings. The van der Waals surface area contributed by atoms with Crippen molar-refractivity contribution in [2.75, 3.05) is 0 Å². The van der Waals surface area contributed by atoms with E-state index < -0.39 is 0 Å². The maximum atomic E-state index is 12.2. The molecule has 110 valence electrons. The monoisotopic (exact) mass is 293 g/mol. The van der Waals surface area contributed by atoms with Crippen LogP contribution in [0.1, 0.15) is 21.6 Å². The Morgan fingerprint density at radius 3 is 2.82 bits per heavy atom. The van der Waals surface area contributed by atoms with E-state index in [4.69, 9.17) is 0 Å². The standard InChI is InChI=1S/C17H15N3O2/c1-11-14(10-20(2)19-11)16(21)8-7-13-9-12-5-3-4-6-15(12)18-17(13)22/h3-10H,1-2H3,(H,18,22)/b8-7+. The minimum atomic E-state index is -0.217. The zero-order valence-electron chi connectivity index (χ0n) is 12.3. The van der Waals surface area contributed by atoms with Crippen LogP contribution in [0.5, 0.6) is 0 Å². The van der Waals surface area contributed by atoms with E-state index in [-0.39, 0.29) is 11.3 Å². The quantitative estimate of drug-likeness (QED) is 0.596. The fraction of sp³-hybridized carbons (Fsp3) is 0.118. The average molecular weight is 293 g/mol. The normalized spacial score (nSPS) is 11.4. The number of hydrogen-bond acceptors (Lipinski definition) is 3. The Morgan fingerprint density at radius 1 is 1.32 bits per heavy atom. The van der Waals surface area contributed by atoms with Gasteiger partial charge in [0.1, 0.15) is 0 Å². The van der Waals surface area contributed by atoms with Crippen molar-refractivity contribution < 1.29 is 4.79 Å². The van der Waals surface area contributed by atoms with Crippen LogP contribution in [-0.4, -0.2) is 20.5 Å². The summed E-state index contributed by atoms with van der Waals surface area (Å²) in [6.07, 6.45) is 4.62. The van der Waals surface area contributed by atoms with Crippen LogP contribution in [-0.2, 0) is 7.05 Å². The van der Waals surface area contributed by atoms with Crippen molar-refractivity contribution in [3.8, 4) is 0 Å². The summed E-state index contributed by atoms with van der Waals surface area (Å²) in [4.78, 5) is 27.0. The Morgan fingerprint density at radius 2 is 2.09 bits per heavy atom. The highest BCUT2D eigenvalue weighted by Crippen LogP contribution is 2.12. The summed E-state index contributed by atoms with van der Waals surface area (Å²) in [6.45, 7) is 1.78. The first-order chi connectivity index (χ1) is 10.5. The molecular weight excluding hydrogens is 278 g/mol. The molecule has 0 saturated carbocycles. The van der Waals surface area contributed by atoms with Crippen molar-refractivity contribution in [3.05, 3.63) is 69.8 Å². The molecule has 0 aliphatic carbocycles. The number of ketones is 1. The molecule has 3 aromatic rings. The first-order valence-electron chi connectivity index (χ1n) is 6.89. The van der Waals surface area contributed by atoms with Gasteiger partial charge in [-0.1, -0.05) is 18.2 Å². The molecule has 1 N–H and O–H groups in total. The predicted octanol–water partition coefficient (Wildman–Crippen LogP) is 2.47. The van der Waals surface area contributed by atoms with Gasteiger partial charge in [0.05, 0.1) is 11.3 Å². The number of fused-ring (bicyclic) bond motifs is 1. The number of pyridine rings is 1. The lowest BCUT2D eigenvalue weighted by atomic mass is 10.1. The number of rotatable bonds is 3. The lowest BCUT2D eigenvalue weighted by molar-refractivity contribution is 0.104. The van der Waals surface area contributed by atoms with Gasteiger partial charge in [0.2, 0.25) is 0 Å². The molecule has 0 saturated heterocycles. The average Bonchev–Trinajstić information content (AvgIpc) is 2.83. The van der Waals surface area contributed by atoms with Crippen LogP contribution in [0.2, 0.25) is 0 Å². The van der Waals surface area contributed by atoms with Crippen LogP contribution in [0.25, 0.3) is 17.0 Å². The Balaban J connectivity index is 1.95. The second-order valence-electron chi connectivity index (χ2n) is 5.14. The van der Waals surface area contributed by atoms with Crippen molar-refractivity contribution >= 4 is 22.8 Å². The fourth-order valence-corrected chi connectivity index (χ4v) is 2.38. The van der Waals surface area contributed by atoms with Crippen molar-refractivity contribution in [3.63, 3.8) is 0 Å². The molecular formula is C17H15N3O2. The van der Waals surface area contributed by atoms with Gasteiger partial charge >= 0.3 is 0 Å². The van der Waals surface area contributed by atoms with E-state index in [0.29, 0.717) is 16.8 Å². The van der Waals surface area contributed by atoms with Gasteiger partial charge in [0.25, 0.3) is 5.56 Å². The number of aromatic nitrogens is 3. The maximum Gasteiger partial charge on any atom is 0.255 e. The number of aryl methyl sites for hydroxylation is 2. The van der Waals surface area contributed by atoms with E-state index in [2.05, 4.69) is 10.1 Å². The van der Waals surface area contributed by atoms with E-state index in [1.807, 2.05) is 24.3 Å². The molecule has 5 heteroatoms. The zero-order chi connectivity index (χ0) is 15.7. The van der Waals surface area contributed by atoms with Gasteiger partial charge < -0.3 is 4.98 Å². The molecule has 0 atom stereocenters. The lowest BCUT2D eigenvalue weighted by Gasteiger charge is -1.99. The second-order valence-corrected chi connectivity index (χ2v) is 5.14. The van der Waals surface area contributed by atoms with Gasteiger partial charge in [-0.3, -0.25) is 14.3 Å². The highest BCUT2D eigenvalue weighted by Gasteiger charge is 2.09. The summed E-state index contributed by atoms with van der Waals surface area (Å²) >= 11 is 0. The fourth-order valence-electron chi connectivity index (χ4n) is 2.38. The Hall–Kier alpha value is -2.95. The number of carbonyl (C=O) groups is 1. The molecule has 3 rings (SSSR count). The van der Waals surface area contributed by atoms with E-state index >= 15 is 0 Å². The van der Waals surface area contributed by atoms with Crippen LogP contribution in [0.15, 0.2) is 47.4 Å². The molecule has 2 heterocycles. The molecule has 0 aliphatic heterocycles. The number of H-pyrrole nitrogens is 1. The third kappa shape index (κ3) is 2.61. The van der Waals surface area contributed by atoms with Crippen LogP contribution < -0.4 is 5.56 Å². The van der Waals surface area contributed by atoms with Gasteiger partial charge in [-0.15, -0.1) is 0 Å². The van der Waals surface area contributed by atoms with Gasteiger partial charge in [0.15, 0.2) is 5.78 Å². The third-order valence-corrected chi connectivity index (χ3v) is 3.48. The van der Waals surface area contributed by atoms with Crippen molar-refractivity contribution in [1.29, 1.82) is 0 Å². The van der Waals surface area contributed by atoms with Gasteiger partial charge in [-0.25, -0.2) is 0 Å². The molecule has 2 aromatic heterocycles. The Kier molecular flexibility index (Phi) is 3.47. The number of allylic oxidation sites excluding steroid dienone is 1. The maximum absolute atomic E-state index is 12.2. The minimum absolute atomic E-state index is 0.168. The summed E-state index contributed by atoms with van der Waals surface area (Å²) < 4.78 is 1.60. The minimum Gasteiger partial charge on any atom is -0.321 e. The van der Waals surface area contributed by atoms with Crippen LogP contribution in [0.3, 0.4) is 0 Å². The molecule has 1 aromatic carbocycles. The van der Waals surface area contributed by atoms with Crippen molar-refractivity contribution in [2.24, 2.45) is 7.05 Å². The molecule has 22 heavy (non-hydrogen) atoms. The second kappa shape index (κ2) is 5.44. The van der Waals surface area contributed by atoms with Gasteiger partial charge in [-0.05, 0) is 36.6 Å². The summed E-state index contributed by atoms with van der Waals surface area (Å²) in [5, 5.41) is 5.06. The summed E-state index contributed by atoms with van der Waals surface area (Å²) in [5.74, 6) is -0.168. The number of hydrogen-bond donors (Lipinski definition) is 1. The first kappa shape index (κ1) is 14.0. The summed E-state index contributed by atoms with van der Waals surface area (Å²) in [5.41, 5.74) is 2.22. The zero-order valence-corrected chi connectivity index (χ0v) is 12.3. The largest absolute Gasteiger partial charge is 0.321 e. The lowest BCUT2D eigenvalue weighted by Crippen LogP contribution is -2.09. The smallest absolute Gasteiger partial charge is 0.255 e. The van der Waals surface area contributed by atoms with Crippen LogP contribution in [0, 0.1) is 6.92 Å². The summed E-state index contributed by atoms with van der Waals surface area (Å²) in [7, 11) is 1.77. The molecule has 0 unspecified atom stereocenters. The number of nitrogens with zero attached hydrogens (tertiary/aromatic N) is 2. The molecule has 0 fully saturated rings. The van der Waals surface area contributed by atoms with Crippen LogP contribution >= 0.6 is 0 Å². The number of aromatic amines is 1. The molecule has 0 bridgehead atoms. The summed E-state index contributed by atoms with van der Waals surface area (Å²) in [6, 6.07) is 9.29. The topological polar surface area (TPSA) is 67.8 Å². The molecule has 0 radical (unpaired) electrons. The van der Waals surface area contributed by atoms with Crippen LogP contribution in [0.4, 0.5) is 0 Å². The first-order valence-corrected chi connectivity index (χ1v) is 6.89. The SMILES string of the molecule is Cc1nn(C)cc1C(=O)/C=C/c1cc2ccccc2[nH]c1=O. The Labute approximate surface area is 126 Å². The van der Waals surface area contributed by atoms with E-state index in [9.17, 15) is 9.59 Å². The van der Waals surface area contributed by atoms with Gasteiger partial charge in [0, 0.05) is 24.3 Å². The molecule has 0 amide bonds. The predicted molar refractivity (Wildman–Crippen MR) is 85.9 cm³/mol. The van der Waals surface area contributed by atoms with Gasteiger partial charge in [-0.2, -0.15) is 5.10 Å². The number of para-hydroxylation sites is 1. The number of benzene rings is 1. The Bertz CT molecular complexity index is 948. The van der Waals surface area contributed by atoms with E-state index in [1.54, 1.807) is 37.0 Å². The van der Waals surface area contributed by atoms with E-state index in [0.717, 1.165) is 10.9 Å². The van der Waals surface area contributed by atoms with E-state index in [1.165, 1.54) is 6.08 Å². The molecule has 0 spiro atoms. The molecule has 5 nitrogen and oxygen atoms in total.